The predicted molar refractivity (Wildman–Crippen MR) is 68.4 cm³/mol. The molecule has 84 valence electrons. The molecule has 0 fully saturated rings. The molecule has 0 radical (unpaired) electrons. The van der Waals surface area contributed by atoms with Crippen LogP contribution in [0.4, 0.5) is 0 Å². The lowest BCUT2D eigenvalue weighted by molar-refractivity contribution is 0.117. The smallest absolute Gasteiger partial charge is 0.0719 e. The molecule has 0 aliphatic rings. The lowest BCUT2D eigenvalue weighted by Gasteiger charge is -2.10. The van der Waals surface area contributed by atoms with Gasteiger partial charge in [-0.2, -0.15) is 0 Å². The topological polar surface area (TPSA) is 9.23 Å². The Morgan fingerprint density at radius 2 is 2.13 bits per heavy atom. The SMILES string of the molecule is CCCCOCc1cccc(C)c1CBr. The summed E-state index contributed by atoms with van der Waals surface area (Å²) < 4.78 is 5.64. The normalized spacial score (nSPS) is 10.6. The average molecular weight is 271 g/mol. The molecular weight excluding hydrogens is 252 g/mol. The lowest BCUT2D eigenvalue weighted by Crippen LogP contribution is -1.99. The standard InChI is InChI=1S/C13H19BrO/c1-3-4-8-15-10-12-7-5-6-11(2)13(12)9-14/h5-7H,3-4,8-10H2,1-2H3. The first kappa shape index (κ1) is 12.7. The van der Waals surface area contributed by atoms with Crippen molar-refractivity contribution in [2.45, 2.75) is 38.6 Å². The molecule has 15 heavy (non-hydrogen) atoms. The van der Waals surface area contributed by atoms with E-state index in [1.165, 1.54) is 23.1 Å². The Hall–Kier alpha value is -0.340. The minimum Gasteiger partial charge on any atom is -0.377 e. The van der Waals surface area contributed by atoms with Crippen LogP contribution in [0.25, 0.3) is 0 Å². The molecule has 0 aliphatic heterocycles. The fraction of sp³-hybridized carbons (Fsp3) is 0.538. The molecule has 1 nitrogen and oxygen atoms in total. The predicted octanol–water partition coefficient (Wildman–Crippen LogP) is 4.21. The van der Waals surface area contributed by atoms with Gasteiger partial charge in [0, 0.05) is 11.9 Å². The van der Waals surface area contributed by atoms with Crippen molar-refractivity contribution in [3.8, 4) is 0 Å². The number of aryl methyl sites for hydroxylation is 1. The third-order valence-corrected chi connectivity index (χ3v) is 3.10. The van der Waals surface area contributed by atoms with Crippen molar-refractivity contribution in [3.05, 3.63) is 34.9 Å². The van der Waals surface area contributed by atoms with Gasteiger partial charge in [0.2, 0.25) is 0 Å². The third-order valence-electron chi connectivity index (χ3n) is 2.54. The van der Waals surface area contributed by atoms with Crippen LogP contribution in [-0.4, -0.2) is 6.61 Å². The van der Waals surface area contributed by atoms with Gasteiger partial charge in [-0.3, -0.25) is 0 Å². The van der Waals surface area contributed by atoms with Crippen LogP contribution in [0.5, 0.6) is 0 Å². The molecule has 2 heteroatoms. The van der Waals surface area contributed by atoms with Crippen LogP contribution in [0.3, 0.4) is 0 Å². The second-order valence-electron chi connectivity index (χ2n) is 3.75. The number of alkyl halides is 1. The highest BCUT2D eigenvalue weighted by molar-refractivity contribution is 9.08. The van der Waals surface area contributed by atoms with Gasteiger partial charge >= 0.3 is 0 Å². The molecule has 0 saturated heterocycles. The minimum atomic E-state index is 0.739. The highest BCUT2D eigenvalue weighted by atomic mass is 79.9. The van der Waals surface area contributed by atoms with Crippen molar-refractivity contribution < 1.29 is 4.74 Å². The number of unbranched alkanes of at least 4 members (excludes halogenated alkanes) is 1. The molecule has 1 aromatic rings. The summed E-state index contributed by atoms with van der Waals surface area (Å²) in [6.45, 7) is 5.93. The van der Waals surface area contributed by atoms with Crippen molar-refractivity contribution in [1.82, 2.24) is 0 Å². The quantitative estimate of drug-likeness (QED) is 0.556. The summed E-state index contributed by atoms with van der Waals surface area (Å²) in [6.07, 6.45) is 2.34. The Kier molecular flexibility index (Phi) is 5.96. The molecule has 0 heterocycles. The fourth-order valence-electron chi connectivity index (χ4n) is 1.52. The van der Waals surface area contributed by atoms with Crippen molar-refractivity contribution in [2.24, 2.45) is 0 Å². The molecular formula is C13H19BrO. The Morgan fingerprint density at radius 1 is 1.33 bits per heavy atom. The van der Waals surface area contributed by atoms with Gasteiger partial charge in [0.25, 0.3) is 0 Å². The number of benzene rings is 1. The highest BCUT2D eigenvalue weighted by Crippen LogP contribution is 2.18. The molecule has 0 amide bonds. The maximum atomic E-state index is 5.64. The van der Waals surface area contributed by atoms with E-state index in [1.807, 2.05) is 0 Å². The van der Waals surface area contributed by atoms with Gasteiger partial charge in [-0.05, 0) is 30.0 Å². The second-order valence-corrected chi connectivity index (χ2v) is 4.31. The number of rotatable bonds is 6. The number of ether oxygens (including phenoxy) is 1. The van der Waals surface area contributed by atoms with Crippen LogP contribution >= 0.6 is 15.9 Å². The highest BCUT2D eigenvalue weighted by Gasteiger charge is 2.03. The summed E-state index contributed by atoms with van der Waals surface area (Å²) in [4.78, 5) is 0. The summed E-state index contributed by atoms with van der Waals surface area (Å²) in [5, 5.41) is 0.909. The maximum absolute atomic E-state index is 5.64. The van der Waals surface area contributed by atoms with E-state index in [9.17, 15) is 0 Å². The van der Waals surface area contributed by atoms with Gasteiger partial charge in [-0.25, -0.2) is 0 Å². The molecule has 0 aromatic heterocycles. The van der Waals surface area contributed by atoms with Gasteiger partial charge in [0.1, 0.15) is 0 Å². The summed E-state index contributed by atoms with van der Waals surface area (Å²) in [6, 6.07) is 6.39. The molecule has 1 aromatic carbocycles. The second kappa shape index (κ2) is 7.02. The van der Waals surface area contributed by atoms with Crippen LogP contribution in [0.15, 0.2) is 18.2 Å². The third kappa shape index (κ3) is 3.96. The van der Waals surface area contributed by atoms with Crippen LogP contribution in [0, 0.1) is 6.92 Å². The maximum Gasteiger partial charge on any atom is 0.0719 e. The summed E-state index contributed by atoms with van der Waals surface area (Å²) in [5.41, 5.74) is 4.01. The number of hydrogen-bond donors (Lipinski definition) is 0. The van der Waals surface area contributed by atoms with Crippen LogP contribution < -0.4 is 0 Å². The van der Waals surface area contributed by atoms with E-state index in [0.717, 1.165) is 25.0 Å². The molecule has 0 unspecified atom stereocenters. The van der Waals surface area contributed by atoms with E-state index in [2.05, 4.69) is 48.0 Å². The molecule has 0 N–H and O–H groups in total. The van der Waals surface area contributed by atoms with Crippen LogP contribution in [0.1, 0.15) is 36.5 Å². The molecule has 0 atom stereocenters. The number of hydrogen-bond acceptors (Lipinski definition) is 1. The Labute approximate surface area is 101 Å². The van der Waals surface area contributed by atoms with E-state index >= 15 is 0 Å². The first-order valence-electron chi connectivity index (χ1n) is 5.50. The first-order chi connectivity index (χ1) is 7.29. The van der Waals surface area contributed by atoms with E-state index in [4.69, 9.17) is 4.74 Å². The first-order valence-corrected chi connectivity index (χ1v) is 6.62. The molecule has 1 rings (SSSR count). The van der Waals surface area contributed by atoms with Crippen LogP contribution in [-0.2, 0) is 16.7 Å². The number of halogens is 1. The van der Waals surface area contributed by atoms with E-state index in [1.54, 1.807) is 0 Å². The van der Waals surface area contributed by atoms with Gasteiger partial charge in [-0.1, -0.05) is 47.5 Å². The largest absolute Gasteiger partial charge is 0.377 e. The average Bonchev–Trinajstić information content (AvgIpc) is 2.24. The summed E-state index contributed by atoms with van der Waals surface area (Å²) in [5.74, 6) is 0. The van der Waals surface area contributed by atoms with Crippen molar-refractivity contribution in [3.63, 3.8) is 0 Å². The van der Waals surface area contributed by atoms with Gasteiger partial charge in [0.05, 0.1) is 6.61 Å². The zero-order valence-electron chi connectivity index (χ0n) is 9.55. The fourth-order valence-corrected chi connectivity index (χ4v) is 2.32. The van der Waals surface area contributed by atoms with Crippen molar-refractivity contribution in [1.29, 1.82) is 0 Å². The summed E-state index contributed by atoms with van der Waals surface area (Å²) in [7, 11) is 0. The van der Waals surface area contributed by atoms with E-state index < -0.39 is 0 Å². The van der Waals surface area contributed by atoms with Gasteiger partial charge in [-0.15, -0.1) is 0 Å². The zero-order chi connectivity index (χ0) is 11.1. The monoisotopic (exact) mass is 270 g/mol. The lowest BCUT2D eigenvalue weighted by atomic mass is 10.0. The van der Waals surface area contributed by atoms with Gasteiger partial charge in [0.15, 0.2) is 0 Å². The van der Waals surface area contributed by atoms with Crippen LogP contribution in [0.2, 0.25) is 0 Å². The molecule has 0 bridgehead atoms. The Morgan fingerprint density at radius 3 is 2.80 bits per heavy atom. The Balaban J connectivity index is 2.56. The minimum absolute atomic E-state index is 0.739. The van der Waals surface area contributed by atoms with Crippen molar-refractivity contribution >= 4 is 15.9 Å². The summed E-state index contributed by atoms with van der Waals surface area (Å²) >= 11 is 3.53. The van der Waals surface area contributed by atoms with Gasteiger partial charge < -0.3 is 4.74 Å². The molecule has 0 aliphatic carbocycles. The molecule has 0 spiro atoms. The van der Waals surface area contributed by atoms with E-state index in [0.29, 0.717) is 0 Å². The van der Waals surface area contributed by atoms with Crippen molar-refractivity contribution in [2.75, 3.05) is 6.61 Å². The molecule has 0 saturated carbocycles. The zero-order valence-corrected chi connectivity index (χ0v) is 11.1. The van der Waals surface area contributed by atoms with E-state index in [-0.39, 0.29) is 0 Å². The Bertz CT molecular complexity index is 297.